The van der Waals surface area contributed by atoms with Crippen molar-refractivity contribution in [1.29, 1.82) is 0 Å². The van der Waals surface area contributed by atoms with Crippen molar-refractivity contribution >= 4 is 27.3 Å². The molecule has 6 heteroatoms. The van der Waals surface area contributed by atoms with Crippen LogP contribution in [0.2, 0.25) is 5.02 Å². The van der Waals surface area contributed by atoms with Crippen LogP contribution in [0.5, 0.6) is 0 Å². The normalized spacial score (nSPS) is 11.3. The fourth-order valence-corrected chi connectivity index (χ4v) is 2.65. The van der Waals surface area contributed by atoms with E-state index < -0.39 is 9.84 Å². The van der Waals surface area contributed by atoms with Crippen LogP contribution in [-0.2, 0) is 16.4 Å². The number of hydrogen-bond acceptors (Lipinski definition) is 4. The summed E-state index contributed by atoms with van der Waals surface area (Å²) in [5.41, 5.74) is 0.884. The van der Waals surface area contributed by atoms with Crippen LogP contribution in [0.3, 0.4) is 0 Å². The molecule has 100 valence electrons. The average molecular weight is 297 g/mol. The van der Waals surface area contributed by atoms with Crippen molar-refractivity contribution in [3.63, 3.8) is 0 Å². The number of halogens is 1. The smallest absolute Gasteiger partial charge is 0.179 e. The number of sulfone groups is 1. The highest BCUT2D eigenvalue weighted by Crippen LogP contribution is 2.20. The van der Waals surface area contributed by atoms with Crippen LogP contribution in [0.1, 0.15) is 5.56 Å². The SMILES string of the molecule is CS(=O)(=O)c1cccnc1NCc1ccccc1Cl. The monoisotopic (exact) mass is 296 g/mol. The van der Waals surface area contributed by atoms with Gasteiger partial charge in [-0.15, -0.1) is 0 Å². The second kappa shape index (κ2) is 5.59. The Kier molecular flexibility index (Phi) is 4.07. The van der Waals surface area contributed by atoms with Gasteiger partial charge in [0.2, 0.25) is 0 Å². The molecule has 2 rings (SSSR count). The molecule has 0 saturated heterocycles. The van der Waals surface area contributed by atoms with Gasteiger partial charge in [-0.25, -0.2) is 13.4 Å². The van der Waals surface area contributed by atoms with Gasteiger partial charge in [0.1, 0.15) is 10.7 Å². The summed E-state index contributed by atoms with van der Waals surface area (Å²) in [6, 6.07) is 10.5. The molecule has 1 heterocycles. The number of benzene rings is 1. The third-order valence-electron chi connectivity index (χ3n) is 2.57. The van der Waals surface area contributed by atoms with Crippen molar-refractivity contribution in [2.45, 2.75) is 11.4 Å². The zero-order valence-electron chi connectivity index (χ0n) is 10.3. The van der Waals surface area contributed by atoms with E-state index in [2.05, 4.69) is 10.3 Å². The Morgan fingerprint density at radius 2 is 1.95 bits per heavy atom. The van der Waals surface area contributed by atoms with Gasteiger partial charge < -0.3 is 5.32 Å². The number of rotatable bonds is 4. The van der Waals surface area contributed by atoms with Crippen LogP contribution in [-0.4, -0.2) is 19.7 Å². The van der Waals surface area contributed by atoms with E-state index in [0.717, 1.165) is 11.8 Å². The van der Waals surface area contributed by atoms with Crippen molar-refractivity contribution in [1.82, 2.24) is 4.98 Å². The third-order valence-corrected chi connectivity index (χ3v) is 4.07. The van der Waals surface area contributed by atoms with Crippen molar-refractivity contribution < 1.29 is 8.42 Å². The zero-order chi connectivity index (χ0) is 13.9. The van der Waals surface area contributed by atoms with Crippen molar-refractivity contribution in [2.75, 3.05) is 11.6 Å². The first-order valence-corrected chi connectivity index (χ1v) is 7.88. The standard InChI is InChI=1S/C13H13ClN2O2S/c1-19(17,18)12-7-4-8-15-13(12)16-9-10-5-2-3-6-11(10)14/h2-8H,9H2,1H3,(H,15,16). The molecule has 1 aromatic heterocycles. The topological polar surface area (TPSA) is 59.1 Å². The van der Waals surface area contributed by atoms with Crippen LogP contribution < -0.4 is 5.32 Å². The molecular weight excluding hydrogens is 284 g/mol. The van der Waals surface area contributed by atoms with E-state index in [-0.39, 0.29) is 4.90 Å². The van der Waals surface area contributed by atoms with Gasteiger partial charge in [-0.2, -0.15) is 0 Å². The highest BCUT2D eigenvalue weighted by Gasteiger charge is 2.13. The molecule has 0 amide bonds. The van der Waals surface area contributed by atoms with E-state index in [1.807, 2.05) is 18.2 Å². The van der Waals surface area contributed by atoms with E-state index in [1.165, 1.54) is 6.07 Å². The average Bonchev–Trinajstić information content (AvgIpc) is 2.37. The van der Waals surface area contributed by atoms with E-state index in [4.69, 9.17) is 11.6 Å². The first kappa shape index (κ1) is 13.8. The fourth-order valence-electron chi connectivity index (χ4n) is 1.64. The second-order valence-electron chi connectivity index (χ2n) is 4.07. The Labute approximate surface area is 117 Å². The quantitative estimate of drug-likeness (QED) is 0.942. The predicted molar refractivity (Wildman–Crippen MR) is 76.1 cm³/mol. The predicted octanol–water partition coefficient (Wildman–Crippen LogP) is 2.75. The number of nitrogens with one attached hydrogen (secondary N) is 1. The molecule has 0 atom stereocenters. The molecule has 0 fully saturated rings. The maximum atomic E-state index is 11.6. The number of anilines is 1. The second-order valence-corrected chi connectivity index (χ2v) is 6.46. The Bertz CT molecular complexity index is 687. The molecular formula is C13H13ClN2O2S. The minimum Gasteiger partial charge on any atom is -0.365 e. The Morgan fingerprint density at radius 1 is 1.21 bits per heavy atom. The van der Waals surface area contributed by atoms with Crippen LogP contribution >= 0.6 is 11.6 Å². The summed E-state index contributed by atoms with van der Waals surface area (Å²) in [7, 11) is -3.31. The zero-order valence-corrected chi connectivity index (χ0v) is 11.9. The molecule has 0 aliphatic heterocycles. The number of aromatic nitrogens is 1. The molecule has 1 aromatic carbocycles. The van der Waals surface area contributed by atoms with E-state index in [0.29, 0.717) is 17.4 Å². The lowest BCUT2D eigenvalue weighted by atomic mass is 10.2. The molecule has 1 N–H and O–H groups in total. The minimum absolute atomic E-state index is 0.182. The van der Waals surface area contributed by atoms with Gasteiger partial charge in [-0.1, -0.05) is 29.8 Å². The van der Waals surface area contributed by atoms with Crippen molar-refractivity contribution in [2.24, 2.45) is 0 Å². The molecule has 0 radical (unpaired) electrons. The van der Waals surface area contributed by atoms with Crippen LogP contribution in [0.25, 0.3) is 0 Å². The van der Waals surface area contributed by atoms with Gasteiger partial charge in [-0.3, -0.25) is 0 Å². The summed E-state index contributed by atoms with van der Waals surface area (Å²) in [6.07, 6.45) is 2.70. The Morgan fingerprint density at radius 3 is 2.63 bits per heavy atom. The van der Waals surface area contributed by atoms with Gasteiger partial charge >= 0.3 is 0 Å². The maximum absolute atomic E-state index is 11.6. The van der Waals surface area contributed by atoms with E-state index in [1.54, 1.807) is 18.3 Å². The van der Waals surface area contributed by atoms with Crippen LogP contribution in [0, 0.1) is 0 Å². The van der Waals surface area contributed by atoms with E-state index in [9.17, 15) is 8.42 Å². The van der Waals surface area contributed by atoms with Crippen molar-refractivity contribution in [3.8, 4) is 0 Å². The maximum Gasteiger partial charge on any atom is 0.179 e. The van der Waals surface area contributed by atoms with Crippen LogP contribution in [0.15, 0.2) is 47.5 Å². The molecule has 0 aliphatic rings. The largest absolute Gasteiger partial charge is 0.365 e. The molecule has 0 aliphatic carbocycles. The summed E-state index contributed by atoms with van der Waals surface area (Å²) in [4.78, 5) is 4.24. The summed E-state index contributed by atoms with van der Waals surface area (Å²) < 4.78 is 23.3. The molecule has 0 saturated carbocycles. The van der Waals surface area contributed by atoms with Gasteiger partial charge in [0.25, 0.3) is 0 Å². The summed E-state index contributed by atoms with van der Waals surface area (Å²) in [5.74, 6) is 0.338. The molecule has 2 aromatic rings. The molecule has 19 heavy (non-hydrogen) atoms. The Balaban J connectivity index is 2.24. The summed E-state index contributed by atoms with van der Waals surface area (Å²) in [6.45, 7) is 0.416. The number of hydrogen-bond donors (Lipinski definition) is 1. The molecule has 0 unspecified atom stereocenters. The number of nitrogens with zero attached hydrogens (tertiary/aromatic N) is 1. The molecule has 4 nitrogen and oxygen atoms in total. The van der Waals surface area contributed by atoms with Crippen LogP contribution in [0.4, 0.5) is 5.82 Å². The highest BCUT2D eigenvalue weighted by atomic mass is 35.5. The van der Waals surface area contributed by atoms with Crippen molar-refractivity contribution in [3.05, 3.63) is 53.2 Å². The lowest BCUT2D eigenvalue weighted by Gasteiger charge is -2.10. The first-order valence-electron chi connectivity index (χ1n) is 5.61. The highest BCUT2D eigenvalue weighted by molar-refractivity contribution is 7.90. The molecule has 0 bridgehead atoms. The Hall–Kier alpha value is -1.59. The van der Waals surface area contributed by atoms with Gasteiger partial charge in [-0.05, 0) is 23.8 Å². The lowest BCUT2D eigenvalue weighted by molar-refractivity contribution is 0.601. The summed E-state index contributed by atoms with van der Waals surface area (Å²) in [5, 5.41) is 3.63. The van der Waals surface area contributed by atoms with E-state index >= 15 is 0 Å². The first-order chi connectivity index (χ1) is 8.98. The number of pyridine rings is 1. The lowest BCUT2D eigenvalue weighted by Crippen LogP contribution is -2.08. The van der Waals surface area contributed by atoms with Gasteiger partial charge in [0.05, 0.1) is 0 Å². The van der Waals surface area contributed by atoms with Gasteiger partial charge in [0, 0.05) is 24.0 Å². The molecule has 0 spiro atoms. The minimum atomic E-state index is -3.31. The summed E-state index contributed by atoms with van der Waals surface area (Å²) >= 11 is 6.04. The third kappa shape index (κ3) is 3.45. The fraction of sp³-hybridized carbons (Fsp3) is 0.154. The van der Waals surface area contributed by atoms with Gasteiger partial charge in [0.15, 0.2) is 9.84 Å².